The lowest BCUT2D eigenvalue weighted by molar-refractivity contribution is 1.39. The van der Waals surface area contributed by atoms with E-state index in [0.717, 1.165) is 0 Å². The molecule has 0 aliphatic carbocycles. The molecule has 0 aliphatic rings. The number of hydrogen-bond donors (Lipinski definition) is 0. The summed E-state index contributed by atoms with van der Waals surface area (Å²) in [5.74, 6) is 0. The van der Waals surface area contributed by atoms with Crippen LogP contribution in [0.2, 0.25) is 0 Å². The van der Waals surface area contributed by atoms with Gasteiger partial charge in [-0.3, -0.25) is 9.59 Å². The van der Waals surface area contributed by atoms with Gasteiger partial charge in [-0.15, -0.1) is 12.4 Å². The highest BCUT2D eigenvalue weighted by Crippen LogP contribution is 1.68. The zero-order valence-electron chi connectivity index (χ0n) is 3.05. The van der Waals surface area contributed by atoms with Crippen molar-refractivity contribution in [2.45, 2.75) is 0 Å². The minimum atomic E-state index is -0.614. The summed E-state index contributed by atoms with van der Waals surface area (Å²) in [5, 5.41) is 0. The van der Waals surface area contributed by atoms with E-state index in [1.165, 1.54) is 0 Å². The molecule has 0 spiro atoms. The monoisotopic (exact) mass is 141 g/mol. The molecule has 0 saturated heterocycles. The summed E-state index contributed by atoms with van der Waals surface area (Å²) in [4.78, 5) is 19.3. The molecule has 0 radical (unpaired) electrons. The van der Waals surface area contributed by atoms with Crippen LogP contribution in [-0.4, -0.2) is 4.09 Å². The van der Waals surface area contributed by atoms with Crippen LogP contribution in [0.15, 0.2) is 9.59 Å². The van der Waals surface area contributed by atoms with Crippen molar-refractivity contribution in [2.75, 3.05) is 0 Å². The average Bonchev–Trinajstić information content (AvgIpc) is 1.94. The first-order chi connectivity index (χ1) is 2.73. The fraction of sp³-hybridized carbons (Fsp3) is 0. The van der Waals surface area contributed by atoms with Crippen LogP contribution >= 0.6 is 24.2 Å². The molecule has 0 saturated carbocycles. The third-order valence-electron chi connectivity index (χ3n) is 0.490. The fourth-order valence-electron chi connectivity index (χ4n) is 0.118. The number of aromatic nitrogens is 1. The minimum Gasteiger partial charge on any atom is -0.261 e. The quantitative estimate of drug-likeness (QED) is 0.458. The van der Waals surface area contributed by atoms with Gasteiger partial charge in [0.2, 0.25) is 0 Å². The van der Waals surface area contributed by atoms with Crippen molar-refractivity contribution in [1.82, 2.24) is 4.09 Å². The molecule has 3 nitrogen and oxygen atoms in total. The minimum absolute atomic E-state index is 0. The van der Waals surface area contributed by atoms with Crippen molar-refractivity contribution in [3.63, 3.8) is 0 Å². The van der Waals surface area contributed by atoms with E-state index < -0.39 is 11.1 Å². The average molecular weight is 142 g/mol. The molecule has 0 aromatic carbocycles. The van der Waals surface area contributed by atoms with Crippen LogP contribution in [0.5, 0.6) is 0 Å². The molecule has 1 aromatic heterocycles. The highest BCUT2D eigenvalue weighted by Gasteiger charge is 2.11. The van der Waals surface area contributed by atoms with Crippen LogP contribution in [0, 0.1) is 0 Å². The Kier molecular flexibility index (Phi) is 1.61. The maximum absolute atomic E-state index is 9.66. The van der Waals surface area contributed by atoms with Crippen molar-refractivity contribution in [3.05, 3.63) is 20.7 Å². The van der Waals surface area contributed by atoms with E-state index in [4.69, 9.17) is 11.8 Å². The zero-order chi connectivity index (χ0) is 4.73. The standard InChI is InChI=1S/C2ClNO2.ClH/c3-4-1(5)2(4)6;/h;1H. The Labute approximate surface area is 49.7 Å². The van der Waals surface area contributed by atoms with Gasteiger partial charge in [0.15, 0.2) is 0 Å². The van der Waals surface area contributed by atoms with Crippen LogP contribution < -0.4 is 11.1 Å². The smallest absolute Gasteiger partial charge is 0.261 e. The Bertz CT molecular complexity index is 195. The predicted octanol–water partition coefficient (Wildman–Crippen LogP) is -0.492. The molecule has 0 unspecified atom stereocenters. The molecule has 0 fully saturated rings. The van der Waals surface area contributed by atoms with E-state index in [-0.39, 0.29) is 12.4 Å². The van der Waals surface area contributed by atoms with Crippen molar-refractivity contribution in [3.8, 4) is 0 Å². The highest BCUT2D eigenvalue weighted by molar-refractivity contribution is 6.16. The van der Waals surface area contributed by atoms with Gasteiger partial charge in [0, 0.05) is 11.8 Å². The molecule has 1 aromatic rings. The second kappa shape index (κ2) is 1.68. The zero-order valence-corrected chi connectivity index (χ0v) is 4.62. The Morgan fingerprint density at radius 3 is 1.43 bits per heavy atom. The van der Waals surface area contributed by atoms with Gasteiger partial charge in [-0.25, -0.2) is 0 Å². The molecule has 7 heavy (non-hydrogen) atoms. The second-order valence-corrected chi connectivity index (χ2v) is 1.23. The topological polar surface area (TPSA) is 39.1 Å². The van der Waals surface area contributed by atoms with Gasteiger partial charge >= 0.3 is 11.1 Å². The molecule has 40 valence electrons. The van der Waals surface area contributed by atoms with E-state index in [9.17, 15) is 9.59 Å². The lowest BCUT2D eigenvalue weighted by atomic mass is 11.1. The molecule has 0 amide bonds. The first-order valence-corrected chi connectivity index (χ1v) is 1.61. The summed E-state index contributed by atoms with van der Waals surface area (Å²) in [6.07, 6.45) is 0. The van der Waals surface area contributed by atoms with E-state index in [1.54, 1.807) is 0 Å². The molecular formula is C2HCl2NO2. The maximum Gasteiger partial charge on any atom is 0.335 e. The van der Waals surface area contributed by atoms with Crippen LogP contribution in [0.25, 0.3) is 0 Å². The van der Waals surface area contributed by atoms with Gasteiger partial charge in [-0.2, -0.15) is 4.09 Å². The summed E-state index contributed by atoms with van der Waals surface area (Å²) in [6.45, 7) is 0. The third-order valence-corrected chi connectivity index (χ3v) is 0.797. The maximum atomic E-state index is 9.66. The van der Waals surface area contributed by atoms with Crippen molar-refractivity contribution in [1.29, 1.82) is 0 Å². The molecule has 0 bridgehead atoms. The highest BCUT2D eigenvalue weighted by atomic mass is 35.5. The summed E-state index contributed by atoms with van der Waals surface area (Å²) in [5.41, 5.74) is -1.23. The number of nitrogens with zero attached hydrogens (tertiary/aromatic N) is 1. The lowest BCUT2D eigenvalue weighted by Gasteiger charge is -1.46. The van der Waals surface area contributed by atoms with Gasteiger partial charge in [0.1, 0.15) is 0 Å². The van der Waals surface area contributed by atoms with E-state index in [1.807, 2.05) is 0 Å². The third kappa shape index (κ3) is 0.838. The normalized spacial score (nSPS) is 8.71. The van der Waals surface area contributed by atoms with Crippen molar-refractivity contribution in [2.24, 2.45) is 0 Å². The summed E-state index contributed by atoms with van der Waals surface area (Å²) >= 11 is 4.82. The summed E-state index contributed by atoms with van der Waals surface area (Å²) < 4.78 is 0.528. The molecule has 0 aliphatic heterocycles. The first-order valence-electron chi connectivity index (χ1n) is 1.27. The van der Waals surface area contributed by atoms with E-state index >= 15 is 0 Å². The second-order valence-electron chi connectivity index (χ2n) is 0.891. The van der Waals surface area contributed by atoms with Gasteiger partial charge < -0.3 is 0 Å². The van der Waals surface area contributed by atoms with Crippen LogP contribution in [-0.2, 0) is 0 Å². The Hall–Kier alpha value is -0.280. The SMILES string of the molecule is Cl.O=c1c(=O)n1Cl. The number of rotatable bonds is 0. The van der Waals surface area contributed by atoms with Gasteiger partial charge in [-0.05, 0) is 0 Å². The number of halogens is 2. The van der Waals surface area contributed by atoms with Crippen molar-refractivity contribution < 1.29 is 0 Å². The van der Waals surface area contributed by atoms with Crippen LogP contribution in [0.4, 0.5) is 0 Å². The Morgan fingerprint density at radius 1 is 1.29 bits per heavy atom. The van der Waals surface area contributed by atoms with Crippen LogP contribution in [0.3, 0.4) is 0 Å². The first kappa shape index (κ1) is 6.72. The Morgan fingerprint density at radius 2 is 1.43 bits per heavy atom. The number of hydrogen-bond acceptors (Lipinski definition) is 2. The van der Waals surface area contributed by atoms with Crippen molar-refractivity contribution >= 4 is 24.2 Å². The fourth-order valence-corrected chi connectivity index (χ4v) is 0.224. The predicted molar refractivity (Wildman–Crippen MR) is 27.8 cm³/mol. The van der Waals surface area contributed by atoms with Crippen LogP contribution in [0.1, 0.15) is 0 Å². The Balaban J connectivity index is 0.000000360. The van der Waals surface area contributed by atoms with Gasteiger partial charge in [-0.1, -0.05) is 0 Å². The molecule has 1 heterocycles. The largest absolute Gasteiger partial charge is 0.335 e. The molecular weight excluding hydrogens is 141 g/mol. The molecule has 5 heteroatoms. The molecule has 1 rings (SSSR count). The van der Waals surface area contributed by atoms with Gasteiger partial charge in [0.05, 0.1) is 0 Å². The summed E-state index contributed by atoms with van der Waals surface area (Å²) in [6, 6.07) is 0. The molecule has 0 atom stereocenters. The van der Waals surface area contributed by atoms with Gasteiger partial charge in [0.25, 0.3) is 0 Å². The van der Waals surface area contributed by atoms with E-state index in [0.29, 0.717) is 4.09 Å². The van der Waals surface area contributed by atoms with E-state index in [2.05, 4.69) is 0 Å². The molecule has 0 N–H and O–H groups in total. The lowest BCUT2D eigenvalue weighted by Crippen LogP contribution is -1.88. The summed E-state index contributed by atoms with van der Waals surface area (Å²) in [7, 11) is 0.